The maximum Gasteiger partial charge on any atom is 0.315 e. The zero-order chi connectivity index (χ0) is 32.7. The van der Waals surface area contributed by atoms with E-state index in [1.165, 1.54) is 19.3 Å². The van der Waals surface area contributed by atoms with Crippen molar-refractivity contribution in [2.75, 3.05) is 19.6 Å². The molecule has 48 heavy (non-hydrogen) atoms. The van der Waals surface area contributed by atoms with Crippen LogP contribution in [0.5, 0.6) is 0 Å². The average molecular weight is 652 g/mol. The van der Waals surface area contributed by atoms with Crippen molar-refractivity contribution in [3.05, 3.63) is 95.1 Å². The van der Waals surface area contributed by atoms with Gasteiger partial charge >= 0.3 is 6.03 Å². The van der Waals surface area contributed by atoms with Gasteiger partial charge < -0.3 is 30.3 Å². The van der Waals surface area contributed by atoms with E-state index in [0.29, 0.717) is 13.1 Å². The minimum absolute atomic E-state index is 0.00588. The number of carbonyl (C=O) groups is 1. The summed E-state index contributed by atoms with van der Waals surface area (Å²) in [6.07, 6.45) is 8.02. The van der Waals surface area contributed by atoms with Gasteiger partial charge in [-0.25, -0.2) is 4.79 Å². The first-order valence-corrected chi connectivity index (χ1v) is 18.1. The first-order chi connectivity index (χ1) is 23.4. The molecule has 0 unspecified atom stereocenters. The molecule has 2 amide bonds. The molecule has 4 atom stereocenters. The van der Waals surface area contributed by atoms with Crippen molar-refractivity contribution >= 4 is 6.03 Å². The van der Waals surface area contributed by atoms with E-state index in [0.717, 1.165) is 96.3 Å². The summed E-state index contributed by atoms with van der Waals surface area (Å²) in [5, 5.41) is 26.3. The van der Waals surface area contributed by atoms with Gasteiger partial charge in [0, 0.05) is 43.7 Å². The second-order valence-corrected chi connectivity index (χ2v) is 15.3. The first kappa shape index (κ1) is 32.0. The Morgan fingerprint density at radius 2 is 1.54 bits per heavy atom. The Morgan fingerprint density at radius 1 is 0.854 bits per heavy atom. The molecule has 2 aliphatic heterocycles. The van der Waals surface area contributed by atoms with E-state index < -0.39 is 6.29 Å². The molecular formula is C40H49N3O5. The summed E-state index contributed by atoms with van der Waals surface area (Å²) >= 11 is 0. The molecular weight excluding hydrogens is 602 g/mol. The molecule has 4 bridgehead atoms. The van der Waals surface area contributed by atoms with Gasteiger partial charge in [-0.2, -0.15) is 0 Å². The van der Waals surface area contributed by atoms with E-state index in [-0.39, 0.29) is 36.5 Å². The van der Waals surface area contributed by atoms with Gasteiger partial charge in [-0.15, -0.1) is 0 Å². The Labute approximate surface area is 283 Å². The van der Waals surface area contributed by atoms with Gasteiger partial charge in [-0.3, -0.25) is 4.90 Å². The number of aliphatic hydroxyl groups excluding tert-OH is 2. The molecule has 3 aromatic rings. The SMILES string of the molecule is O=C(NCc1ccccc1-c1ccc([C@@H]2O[C@H](CN3CC[C@H](O)C3)C[C@H](c3ccc(CO)cc3)O2)cc1)NC12CC3CC(CC(C3)C1)C2. The van der Waals surface area contributed by atoms with Crippen LogP contribution in [-0.2, 0) is 22.6 Å². The molecule has 4 saturated carbocycles. The Bertz CT molecular complexity index is 1540. The summed E-state index contributed by atoms with van der Waals surface area (Å²) in [7, 11) is 0. The van der Waals surface area contributed by atoms with Crippen molar-refractivity contribution in [1.82, 2.24) is 15.5 Å². The number of benzene rings is 3. The van der Waals surface area contributed by atoms with Crippen LogP contribution in [0.4, 0.5) is 4.79 Å². The molecule has 2 heterocycles. The van der Waals surface area contributed by atoms with E-state index in [1.54, 1.807) is 0 Å². The zero-order valence-electron chi connectivity index (χ0n) is 27.7. The van der Waals surface area contributed by atoms with Gasteiger partial charge in [0.1, 0.15) is 0 Å². The number of hydrogen-bond donors (Lipinski definition) is 4. The summed E-state index contributed by atoms with van der Waals surface area (Å²) < 4.78 is 13.1. The third-order valence-electron chi connectivity index (χ3n) is 11.7. The topological polar surface area (TPSA) is 103 Å². The van der Waals surface area contributed by atoms with E-state index in [2.05, 4.69) is 51.9 Å². The molecule has 0 spiro atoms. The normalized spacial score (nSPS) is 32.8. The summed E-state index contributed by atoms with van der Waals surface area (Å²) in [6, 6.07) is 24.6. The van der Waals surface area contributed by atoms with Crippen LogP contribution < -0.4 is 10.6 Å². The van der Waals surface area contributed by atoms with Gasteiger partial charge in [-0.1, -0.05) is 72.8 Å². The highest BCUT2D eigenvalue weighted by Gasteiger charge is 2.51. The number of urea groups is 1. The van der Waals surface area contributed by atoms with Crippen molar-refractivity contribution in [1.29, 1.82) is 0 Å². The largest absolute Gasteiger partial charge is 0.392 e. The van der Waals surface area contributed by atoms with Crippen LogP contribution in [0, 0.1) is 17.8 Å². The van der Waals surface area contributed by atoms with Gasteiger partial charge in [0.15, 0.2) is 6.29 Å². The summed E-state index contributed by atoms with van der Waals surface area (Å²) in [5.74, 6) is 2.37. The highest BCUT2D eigenvalue weighted by molar-refractivity contribution is 5.76. The molecule has 6 aliphatic rings. The Morgan fingerprint density at radius 3 is 2.21 bits per heavy atom. The molecule has 8 heteroatoms. The van der Waals surface area contributed by atoms with Crippen molar-refractivity contribution in [2.45, 2.75) is 94.7 Å². The number of amides is 2. The Hall–Kier alpha value is -3.27. The third kappa shape index (κ3) is 6.92. The fourth-order valence-electron chi connectivity index (χ4n) is 9.80. The Kier molecular flexibility index (Phi) is 9.03. The Balaban J connectivity index is 0.947. The van der Waals surface area contributed by atoms with Crippen LogP contribution in [0.3, 0.4) is 0 Å². The van der Waals surface area contributed by atoms with Crippen molar-refractivity contribution in [3.8, 4) is 11.1 Å². The number of likely N-dealkylation sites (tertiary alicyclic amines) is 1. The van der Waals surface area contributed by atoms with E-state index in [4.69, 9.17) is 9.47 Å². The lowest BCUT2D eigenvalue weighted by Gasteiger charge is -2.56. The lowest BCUT2D eigenvalue weighted by molar-refractivity contribution is -0.252. The number of β-amino-alcohol motifs (C(OH)–C–C–N with tert-alkyl or cyclic N) is 1. The van der Waals surface area contributed by atoms with Gasteiger partial charge in [0.25, 0.3) is 0 Å². The predicted molar refractivity (Wildman–Crippen MR) is 184 cm³/mol. The van der Waals surface area contributed by atoms with Crippen LogP contribution in [-0.4, -0.2) is 58.5 Å². The molecule has 8 nitrogen and oxygen atoms in total. The van der Waals surface area contributed by atoms with Crippen molar-refractivity contribution in [3.63, 3.8) is 0 Å². The molecule has 2 saturated heterocycles. The van der Waals surface area contributed by atoms with Crippen LogP contribution in [0.1, 0.15) is 86.0 Å². The predicted octanol–water partition coefficient (Wildman–Crippen LogP) is 6.23. The van der Waals surface area contributed by atoms with E-state index >= 15 is 0 Å². The lowest BCUT2D eigenvalue weighted by Crippen LogP contribution is -2.61. The number of rotatable bonds is 9. The average Bonchev–Trinajstić information content (AvgIpc) is 3.50. The maximum atomic E-state index is 13.2. The maximum absolute atomic E-state index is 13.2. The highest BCUT2D eigenvalue weighted by atomic mass is 16.7. The quantitative estimate of drug-likeness (QED) is 0.219. The summed E-state index contributed by atoms with van der Waals surface area (Å²) in [5.41, 5.74) is 6.14. The van der Waals surface area contributed by atoms with E-state index in [1.807, 2.05) is 36.4 Å². The molecule has 0 radical (unpaired) electrons. The van der Waals surface area contributed by atoms with Crippen molar-refractivity contribution in [2.24, 2.45) is 17.8 Å². The smallest absolute Gasteiger partial charge is 0.315 e. The second kappa shape index (κ2) is 13.6. The minimum atomic E-state index is -0.530. The second-order valence-electron chi connectivity index (χ2n) is 15.3. The zero-order valence-corrected chi connectivity index (χ0v) is 27.7. The van der Waals surface area contributed by atoms with Crippen LogP contribution in [0.2, 0.25) is 0 Å². The highest BCUT2D eigenvalue weighted by Crippen LogP contribution is 2.55. The molecule has 6 fully saturated rings. The fourth-order valence-corrected chi connectivity index (χ4v) is 9.80. The summed E-state index contributed by atoms with van der Waals surface area (Å²) in [6.45, 7) is 2.77. The molecule has 3 aromatic carbocycles. The number of nitrogens with zero attached hydrogens (tertiary/aromatic N) is 1. The number of aliphatic hydroxyl groups is 2. The number of nitrogens with one attached hydrogen (secondary N) is 2. The number of carbonyl (C=O) groups excluding carboxylic acids is 1. The van der Waals surface area contributed by atoms with Gasteiger partial charge in [0.05, 0.1) is 24.9 Å². The van der Waals surface area contributed by atoms with Crippen LogP contribution in [0.15, 0.2) is 72.8 Å². The molecule has 0 aromatic heterocycles. The fraction of sp³-hybridized carbons (Fsp3) is 0.525. The molecule has 9 rings (SSSR count). The van der Waals surface area contributed by atoms with Crippen molar-refractivity contribution < 1.29 is 24.5 Å². The number of hydrogen-bond acceptors (Lipinski definition) is 6. The minimum Gasteiger partial charge on any atom is -0.392 e. The number of ether oxygens (including phenoxy) is 2. The molecule has 254 valence electrons. The third-order valence-corrected chi connectivity index (χ3v) is 11.7. The monoisotopic (exact) mass is 651 g/mol. The van der Waals surface area contributed by atoms with Gasteiger partial charge in [0.2, 0.25) is 0 Å². The van der Waals surface area contributed by atoms with Crippen LogP contribution >= 0.6 is 0 Å². The molecule has 4 N–H and O–H groups in total. The molecule has 4 aliphatic carbocycles. The standard InChI is InChI=1S/C40H49N3O5/c44-25-26-5-7-31(8-6-26)37-18-35(24-43-14-13-34(45)23-43)47-38(48-37)32-11-9-30(10-12-32)36-4-2-1-3-33(36)22-41-39(46)42-40-19-27-15-28(20-40)17-29(16-27)21-40/h1-12,27-29,34-35,37-38,44-45H,13-25H2,(H2,41,42,46)/t27?,28?,29?,34-,35-,37+,38+,40?/m0/s1. The van der Waals surface area contributed by atoms with E-state index in [9.17, 15) is 15.0 Å². The summed E-state index contributed by atoms with van der Waals surface area (Å²) in [4.78, 5) is 15.5. The first-order valence-electron chi connectivity index (χ1n) is 18.1. The van der Waals surface area contributed by atoms with Crippen LogP contribution in [0.25, 0.3) is 11.1 Å². The lowest BCUT2D eigenvalue weighted by atomic mass is 9.53. The van der Waals surface area contributed by atoms with Gasteiger partial charge in [-0.05, 0) is 90.5 Å².